The van der Waals surface area contributed by atoms with Crippen LogP contribution in [0.5, 0.6) is 5.75 Å². The van der Waals surface area contributed by atoms with Crippen molar-refractivity contribution in [2.75, 3.05) is 6.26 Å². The fourth-order valence-corrected chi connectivity index (χ4v) is 2.33. The molecule has 0 saturated heterocycles. The van der Waals surface area contributed by atoms with Gasteiger partial charge in [0.25, 0.3) is 0 Å². The van der Waals surface area contributed by atoms with Gasteiger partial charge in [-0.1, -0.05) is 6.07 Å². The molecule has 1 aromatic carbocycles. The van der Waals surface area contributed by atoms with Gasteiger partial charge in [-0.15, -0.1) is 0 Å². The van der Waals surface area contributed by atoms with Gasteiger partial charge < -0.3 is 10.5 Å². The molecule has 4 nitrogen and oxygen atoms in total. The van der Waals surface area contributed by atoms with Crippen LogP contribution in [0.2, 0.25) is 0 Å². The number of hydrogen-bond acceptors (Lipinski definition) is 4. The zero-order valence-electron chi connectivity index (χ0n) is 9.09. The molecule has 0 aromatic heterocycles. The van der Waals surface area contributed by atoms with E-state index in [1.54, 1.807) is 24.3 Å². The Hall–Kier alpha value is -1.07. The van der Waals surface area contributed by atoms with Crippen LogP contribution in [0, 0.1) is 0 Å². The maximum absolute atomic E-state index is 11.3. The van der Waals surface area contributed by atoms with E-state index in [1.807, 2.05) is 0 Å². The summed E-state index contributed by atoms with van der Waals surface area (Å²) in [4.78, 5) is 0.286. The zero-order valence-corrected chi connectivity index (χ0v) is 9.91. The highest BCUT2D eigenvalue weighted by Crippen LogP contribution is 2.25. The summed E-state index contributed by atoms with van der Waals surface area (Å²) in [5, 5.41) is 0. The molecule has 0 spiro atoms. The molecule has 2 rings (SSSR count). The molecule has 0 heterocycles. The summed E-state index contributed by atoms with van der Waals surface area (Å²) in [6.45, 7) is 0. The number of hydrogen-bond donors (Lipinski definition) is 1. The van der Waals surface area contributed by atoms with Crippen molar-refractivity contribution in [2.45, 2.75) is 29.9 Å². The van der Waals surface area contributed by atoms with Crippen LogP contribution >= 0.6 is 0 Å². The monoisotopic (exact) mass is 241 g/mol. The SMILES string of the molecule is CS(=O)(=O)c1cccc(OC2CC(N)C2)c1. The average Bonchev–Trinajstić information content (AvgIpc) is 2.14. The molecule has 0 radical (unpaired) electrons. The van der Waals surface area contributed by atoms with E-state index in [4.69, 9.17) is 10.5 Å². The first-order valence-electron chi connectivity index (χ1n) is 5.17. The summed E-state index contributed by atoms with van der Waals surface area (Å²) in [7, 11) is -3.17. The van der Waals surface area contributed by atoms with Crippen molar-refractivity contribution in [3.05, 3.63) is 24.3 Å². The standard InChI is InChI=1S/C11H15NO3S/c1-16(13,14)11-4-2-3-9(7-11)15-10-5-8(12)6-10/h2-4,7-8,10H,5-6,12H2,1H3. The number of rotatable bonds is 3. The molecule has 0 amide bonds. The lowest BCUT2D eigenvalue weighted by Crippen LogP contribution is -2.43. The van der Waals surface area contributed by atoms with E-state index in [2.05, 4.69) is 0 Å². The minimum atomic E-state index is -3.17. The molecule has 88 valence electrons. The molecule has 0 aliphatic heterocycles. The van der Waals surface area contributed by atoms with Crippen LogP contribution in [0.4, 0.5) is 0 Å². The quantitative estimate of drug-likeness (QED) is 0.855. The van der Waals surface area contributed by atoms with Gasteiger partial charge in [0.15, 0.2) is 9.84 Å². The lowest BCUT2D eigenvalue weighted by Gasteiger charge is -2.32. The lowest BCUT2D eigenvalue weighted by molar-refractivity contribution is 0.101. The summed E-state index contributed by atoms with van der Waals surface area (Å²) in [6, 6.07) is 6.79. The fraction of sp³-hybridized carbons (Fsp3) is 0.455. The van der Waals surface area contributed by atoms with Gasteiger partial charge in [0.05, 0.1) is 4.90 Å². The van der Waals surface area contributed by atoms with E-state index in [0.717, 1.165) is 12.8 Å². The summed E-state index contributed by atoms with van der Waals surface area (Å²) in [5.74, 6) is 0.597. The molecule has 1 aliphatic carbocycles. The Morgan fingerprint density at radius 1 is 1.38 bits per heavy atom. The van der Waals surface area contributed by atoms with Crippen LogP contribution in [-0.4, -0.2) is 26.8 Å². The van der Waals surface area contributed by atoms with Gasteiger partial charge in [-0.05, 0) is 31.0 Å². The summed E-state index contributed by atoms with van der Waals surface area (Å²) >= 11 is 0. The fourth-order valence-electron chi connectivity index (χ4n) is 1.67. The van der Waals surface area contributed by atoms with E-state index in [-0.39, 0.29) is 17.0 Å². The largest absolute Gasteiger partial charge is 0.490 e. The van der Waals surface area contributed by atoms with Gasteiger partial charge in [-0.2, -0.15) is 0 Å². The van der Waals surface area contributed by atoms with Gasteiger partial charge in [0.1, 0.15) is 11.9 Å². The number of benzene rings is 1. The zero-order chi connectivity index (χ0) is 11.8. The molecule has 16 heavy (non-hydrogen) atoms. The van der Waals surface area contributed by atoms with E-state index >= 15 is 0 Å². The molecule has 0 unspecified atom stereocenters. The van der Waals surface area contributed by atoms with Crippen molar-refractivity contribution in [3.8, 4) is 5.75 Å². The molecular formula is C11H15NO3S. The highest BCUT2D eigenvalue weighted by molar-refractivity contribution is 7.90. The first-order valence-corrected chi connectivity index (χ1v) is 7.06. The van der Waals surface area contributed by atoms with Crippen molar-refractivity contribution in [3.63, 3.8) is 0 Å². The van der Waals surface area contributed by atoms with Crippen LogP contribution in [0.15, 0.2) is 29.2 Å². The predicted molar refractivity (Wildman–Crippen MR) is 61.2 cm³/mol. The Morgan fingerprint density at radius 2 is 2.06 bits per heavy atom. The molecule has 1 aromatic rings. The van der Waals surface area contributed by atoms with Gasteiger partial charge in [0, 0.05) is 12.3 Å². The topological polar surface area (TPSA) is 69.4 Å². The van der Waals surface area contributed by atoms with Gasteiger partial charge in [-0.3, -0.25) is 0 Å². The van der Waals surface area contributed by atoms with Gasteiger partial charge in [0.2, 0.25) is 0 Å². The second-order valence-corrected chi connectivity index (χ2v) is 6.23. The minimum absolute atomic E-state index is 0.129. The summed E-state index contributed by atoms with van der Waals surface area (Å²) in [6.07, 6.45) is 2.99. The number of sulfone groups is 1. The first kappa shape index (κ1) is 11.4. The lowest BCUT2D eigenvalue weighted by atomic mass is 9.90. The highest BCUT2D eigenvalue weighted by Gasteiger charge is 2.27. The van der Waals surface area contributed by atoms with E-state index in [1.165, 1.54) is 6.26 Å². The second-order valence-electron chi connectivity index (χ2n) is 4.22. The first-order chi connectivity index (χ1) is 7.45. The van der Waals surface area contributed by atoms with E-state index < -0.39 is 9.84 Å². The minimum Gasteiger partial charge on any atom is -0.490 e. The van der Waals surface area contributed by atoms with Crippen molar-refractivity contribution in [1.29, 1.82) is 0 Å². The molecule has 1 saturated carbocycles. The number of ether oxygens (including phenoxy) is 1. The van der Waals surface area contributed by atoms with Crippen LogP contribution in [0.1, 0.15) is 12.8 Å². The average molecular weight is 241 g/mol. The van der Waals surface area contributed by atoms with Crippen molar-refractivity contribution in [1.82, 2.24) is 0 Å². The maximum atomic E-state index is 11.3. The second kappa shape index (κ2) is 4.07. The van der Waals surface area contributed by atoms with E-state index in [9.17, 15) is 8.42 Å². The number of nitrogens with two attached hydrogens (primary N) is 1. The molecule has 1 fully saturated rings. The molecule has 1 aliphatic rings. The van der Waals surface area contributed by atoms with Crippen LogP contribution in [0.25, 0.3) is 0 Å². The third kappa shape index (κ3) is 2.54. The third-order valence-corrected chi connectivity index (χ3v) is 3.78. The Bertz CT molecular complexity index is 478. The van der Waals surface area contributed by atoms with Gasteiger partial charge in [-0.25, -0.2) is 8.42 Å². The van der Waals surface area contributed by atoms with Crippen molar-refractivity contribution >= 4 is 9.84 Å². The summed E-state index contributed by atoms with van der Waals surface area (Å²) in [5.41, 5.74) is 5.65. The van der Waals surface area contributed by atoms with Crippen LogP contribution in [0.3, 0.4) is 0 Å². The Balaban J connectivity index is 2.11. The smallest absolute Gasteiger partial charge is 0.175 e. The maximum Gasteiger partial charge on any atom is 0.175 e. The van der Waals surface area contributed by atoms with E-state index in [0.29, 0.717) is 5.75 Å². The van der Waals surface area contributed by atoms with Gasteiger partial charge >= 0.3 is 0 Å². The van der Waals surface area contributed by atoms with Crippen LogP contribution in [-0.2, 0) is 9.84 Å². The van der Waals surface area contributed by atoms with Crippen LogP contribution < -0.4 is 10.5 Å². The molecule has 2 N–H and O–H groups in total. The Kier molecular flexibility index (Phi) is 2.90. The Morgan fingerprint density at radius 3 is 2.62 bits per heavy atom. The molecule has 0 bridgehead atoms. The van der Waals surface area contributed by atoms with Crippen molar-refractivity contribution in [2.24, 2.45) is 5.73 Å². The normalized spacial score (nSPS) is 24.9. The molecule has 0 atom stereocenters. The highest BCUT2D eigenvalue weighted by atomic mass is 32.2. The Labute approximate surface area is 95.3 Å². The predicted octanol–water partition coefficient (Wildman–Crippen LogP) is 0.959. The van der Waals surface area contributed by atoms with Crippen molar-refractivity contribution < 1.29 is 13.2 Å². The molecular weight excluding hydrogens is 226 g/mol. The summed E-state index contributed by atoms with van der Waals surface area (Å²) < 4.78 is 28.3. The third-order valence-electron chi connectivity index (χ3n) is 2.67. The molecule has 5 heteroatoms.